The molecule has 1 N–H and O–H groups in total. The Hall–Kier alpha value is -3.00. The van der Waals surface area contributed by atoms with Gasteiger partial charge in [0, 0.05) is 25.5 Å². The van der Waals surface area contributed by atoms with E-state index < -0.39 is 0 Å². The van der Waals surface area contributed by atoms with Gasteiger partial charge in [-0.2, -0.15) is 10.2 Å². The van der Waals surface area contributed by atoms with E-state index in [9.17, 15) is 0 Å². The molecule has 7 nitrogen and oxygen atoms in total. The minimum absolute atomic E-state index is 0.705. The molecule has 8 heteroatoms. The highest BCUT2D eigenvalue weighted by atomic mass is 32.1. The van der Waals surface area contributed by atoms with E-state index in [0.717, 1.165) is 23.1 Å². The van der Waals surface area contributed by atoms with Crippen molar-refractivity contribution in [1.82, 2.24) is 29.8 Å². The number of hydrogen-bond donors (Lipinski definition) is 1. The van der Waals surface area contributed by atoms with Crippen LogP contribution in [0.1, 0.15) is 5.56 Å². The first-order valence-corrected chi connectivity index (χ1v) is 8.26. The van der Waals surface area contributed by atoms with Crippen LogP contribution in [-0.2, 0) is 13.6 Å². The van der Waals surface area contributed by atoms with Gasteiger partial charge in [-0.05, 0) is 11.6 Å². The zero-order chi connectivity index (χ0) is 16.4. The molecule has 4 aromatic rings. The third kappa shape index (κ3) is 3.04. The van der Waals surface area contributed by atoms with Gasteiger partial charge in [0.2, 0.25) is 5.13 Å². The first-order chi connectivity index (χ1) is 11.8. The maximum Gasteiger partial charge on any atom is 0.211 e. The van der Waals surface area contributed by atoms with Gasteiger partial charge < -0.3 is 5.32 Å². The number of aromatic nitrogens is 6. The summed E-state index contributed by atoms with van der Waals surface area (Å²) in [5.74, 6) is 0.749. The molecular formula is C16H15N7S. The fourth-order valence-corrected chi connectivity index (χ4v) is 3.16. The molecule has 120 valence electrons. The quantitative estimate of drug-likeness (QED) is 0.606. The first kappa shape index (κ1) is 14.6. The molecule has 0 atom stereocenters. The van der Waals surface area contributed by atoms with Gasteiger partial charge in [-0.1, -0.05) is 41.7 Å². The summed E-state index contributed by atoms with van der Waals surface area (Å²) in [6.07, 6.45) is 3.69. The highest BCUT2D eigenvalue weighted by molar-refractivity contribution is 7.18. The standard InChI is InChI=1S/C16H15N7S/c1-22-13(7-9-17-22)15-19-20-16(24-15)18-14-8-10-23(21-14)11-12-5-3-2-4-6-12/h2-10H,11H2,1H3,(H,18,20,21). The van der Waals surface area contributed by atoms with Crippen LogP contribution in [-0.4, -0.2) is 29.8 Å². The van der Waals surface area contributed by atoms with E-state index in [-0.39, 0.29) is 0 Å². The summed E-state index contributed by atoms with van der Waals surface area (Å²) in [5.41, 5.74) is 2.15. The molecule has 0 fully saturated rings. The molecule has 0 aliphatic heterocycles. The zero-order valence-corrected chi connectivity index (χ0v) is 13.8. The lowest BCUT2D eigenvalue weighted by Crippen LogP contribution is -2.01. The molecule has 3 aromatic heterocycles. The van der Waals surface area contributed by atoms with E-state index in [4.69, 9.17) is 0 Å². The Kier molecular flexibility index (Phi) is 3.80. The van der Waals surface area contributed by atoms with Crippen LogP contribution in [0.15, 0.2) is 54.9 Å². The summed E-state index contributed by atoms with van der Waals surface area (Å²) in [6.45, 7) is 0.735. The van der Waals surface area contributed by atoms with Gasteiger partial charge in [0.1, 0.15) is 0 Å². The third-order valence-corrected chi connectivity index (χ3v) is 4.39. The van der Waals surface area contributed by atoms with Crippen molar-refractivity contribution in [1.29, 1.82) is 0 Å². The highest BCUT2D eigenvalue weighted by Crippen LogP contribution is 2.27. The largest absolute Gasteiger partial charge is 0.313 e. The minimum Gasteiger partial charge on any atom is -0.313 e. The summed E-state index contributed by atoms with van der Waals surface area (Å²) >= 11 is 1.47. The van der Waals surface area contributed by atoms with Crippen LogP contribution in [0.25, 0.3) is 10.7 Å². The smallest absolute Gasteiger partial charge is 0.211 e. The fourth-order valence-electron chi connectivity index (χ4n) is 2.36. The van der Waals surface area contributed by atoms with Crippen LogP contribution >= 0.6 is 11.3 Å². The molecule has 4 rings (SSSR count). The van der Waals surface area contributed by atoms with E-state index in [2.05, 4.69) is 37.8 Å². The van der Waals surface area contributed by atoms with E-state index in [1.807, 2.05) is 48.3 Å². The summed E-state index contributed by atoms with van der Waals surface area (Å²) in [7, 11) is 1.88. The van der Waals surface area contributed by atoms with Gasteiger partial charge in [-0.25, -0.2) is 0 Å². The molecule has 0 spiro atoms. The van der Waals surface area contributed by atoms with Crippen LogP contribution < -0.4 is 5.32 Å². The van der Waals surface area contributed by atoms with Crippen molar-refractivity contribution >= 4 is 22.3 Å². The van der Waals surface area contributed by atoms with Crippen molar-refractivity contribution in [2.24, 2.45) is 7.05 Å². The fraction of sp³-hybridized carbons (Fsp3) is 0.125. The number of nitrogens with zero attached hydrogens (tertiary/aromatic N) is 6. The van der Waals surface area contributed by atoms with Crippen LogP contribution in [0.5, 0.6) is 0 Å². The SMILES string of the molecule is Cn1nccc1-c1nnc(Nc2ccn(Cc3ccccc3)n2)s1. The highest BCUT2D eigenvalue weighted by Gasteiger charge is 2.10. The van der Waals surface area contributed by atoms with Crippen molar-refractivity contribution in [2.45, 2.75) is 6.54 Å². The Morgan fingerprint density at radius 2 is 1.96 bits per heavy atom. The summed E-state index contributed by atoms with van der Waals surface area (Å²) in [4.78, 5) is 0. The van der Waals surface area contributed by atoms with Crippen molar-refractivity contribution in [2.75, 3.05) is 5.32 Å². The molecule has 3 heterocycles. The monoisotopic (exact) mass is 337 g/mol. The summed E-state index contributed by atoms with van der Waals surface area (Å²) < 4.78 is 3.67. The lowest BCUT2D eigenvalue weighted by molar-refractivity contribution is 0.689. The van der Waals surface area contributed by atoms with Gasteiger partial charge >= 0.3 is 0 Å². The molecule has 0 saturated heterocycles. The summed E-state index contributed by atoms with van der Waals surface area (Å²) in [5, 5.41) is 21.8. The number of hydrogen-bond acceptors (Lipinski definition) is 6. The minimum atomic E-state index is 0.705. The molecule has 0 radical (unpaired) electrons. The Labute approximate surface area is 142 Å². The topological polar surface area (TPSA) is 73.5 Å². The van der Waals surface area contributed by atoms with E-state index in [0.29, 0.717) is 5.13 Å². The van der Waals surface area contributed by atoms with E-state index in [1.54, 1.807) is 10.9 Å². The lowest BCUT2D eigenvalue weighted by Gasteiger charge is -2.01. The van der Waals surface area contributed by atoms with Gasteiger partial charge in [0.25, 0.3) is 0 Å². The van der Waals surface area contributed by atoms with Crippen LogP contribution in [0.4, 0.5) is 10.9 Å². The number of rotatable bonds is 5. The number of aryl methyl sites for hydroxylation is 1. The Morgan fingerprint density at radius 3 is 2.75 bits per heavy atom. The average Bonchev–Trinajstić information content (AvgIpc) is 3.31. The maximum absolute atomic E-state index is 4.52. The van der Waals surface area contributed by atoms with Crippen LogP contribution in [0.3, 0.4) is 0 Å². The molecule has 0 aliphatic carbocycles. The molecular weight excluding hydrogens is 322 g/mol. The normalized spacial score (nSPS) is 10.9. The predicted octanol–water partition coefficient (Wildman–Crippen LogP) is 2.93. The number of benzene rings is 1. The van der Waals surface area contributed by atoms with Gasteiger partial charge in [0.05, 0.1) is 12.2 Å². The summed E-state index contributed by atoms with van der Waals surface area (Å²) in [6, 6.07) is 14.1. The van der Waals surface area contributed by atoms with Crippen molar-refractivity contribution in [3.05, 3.63) is 60.4 Å². The Bertz CT molecular complexity index is 938. The van der Waals surface area contributed by atoms with Crippen LogP contribution in [0, 0.1) is 0 Å². The maximum atomic E-state index is 4.52. The molecule has 0 bridgehead atoms. The first-order valence-electron chi connectivity index (χ1n) is 7.44. The number of anilines is 2. The predicted molar refractivity (Wildman–Crippen MR) is 93.2 cm³/mol. The second-order valence-electron chi connectivity index (χ2n) is 5.26. The second kappa shape index (κ2) is 6.25. The van der Waals surface area contributed by atoms with Gasteiger partial charge in [0.15, 0.2) is 10.8 Å². The number of nitrogens with one attached hydrogen (secondary N) is 1. The van der Waals surface area contributed by atoms with E-state index >= 15 is 0 Å². The van der Waals surface area contributed by atoms with Crippen molar-refractivity contribution < 1.29 is 0 Å². The Morgan fingerprint density at radius 1 is 1.08 bits per heavy atom. The molecule has 0 amide bonds. The van der Waals surface area contributed by atoms with Gasteiger partial charge in [-0.3, -0.25) is 9.36 Å². The zero-order valence-electron chi connectivity index (χ0n) is 13.0. The van der Waals surface area contributed by atoms with Crippen molar-refractivity contribution in [3.8, 4) is 10.7 Å². The molecule has 0 saturated carbocycles. The van der Waals surface area contributed by atoms with Crippen molar-refractivity contribution in [3.63, 3.8) is 0 Å². The molecule has 0 aliphatic rings. The third-order valence-electron chi connectivity index (χ3n) is 3.53. The Balaban J connectivity index is 1.47. The molecule has 24 heavy (non-hydrogen) atoms. The van der Waals surface area contributed by atoms with Gasteiger partial charge in [-0.15, -0.1) is 10.2 Å². The molecule has 0 unspecified atom stereocenters. The average molecular weight is 337 g/mol. The van der Waals surface area contributed by atoms with E-state index in [1.165, 1.54) is 16.9 Å². The van der Waals surface area contributed by atoms with Crippen LogP contribution in [0.2, 0.25) is 0 Å². The lowest BCUT2D eigenvalue weighted by atomic mass is 10.2. The molecule has 1 aromatic carbocycles. The second-order valence-corrected chi connectivity index (χ2v) is 6.24.